The van der Waals surface area contributed by atoms with Gasteiger partial charge in [-0.05, 0) is 6.92 Å². The molecular weight excluding hydrogens is 142 g/mol. The second-order valence-corrected chi connectivity index (χ2v) is 1.53. The summed E-state index contributed by atoms with van der Waals surface area (Å²) in [6.45, 7) is 1.58. The highest BCUT2D eigenvalue weighted by atomic mass is 35.5. The quantitative estimate of drug-likeness (QED) is 0.595. The summed E-state index contributed by atoms with van der Waals surface area (Å²) in [5.41, 5.74) is 0. The molecule has 54 valence electrons. The summed E-state index contributed by atoms with van der Waals surface area (Å²) in [6, 6.07) is 0. The number of carboxylic acids is 1. The zero-order chi connectivity index (χ0) is 6.57. The highest BCUT2D eigenvalue weighted by molar-refractivity contribution is 5.87. The standard InChI is InChI=1S/C5H9NO2.ClH/c1-4(3-6-2)5(7)8;/h3-4H,1-2H3,(H,7,8);1H. The lowest BCUT2D eigenvalue weighted by Gasteiger charge is -1.92. The van der Waals surface area contributed by atoms with E-state index in [1.54, 1.807) is 14.0 Å². The van der Waals surface area contributed by atoms with E-state index in [0.717, 1.165) is 0 Å². The minimum absolute atomic E-state index is 0. The Balaban J connectivity index is 0. The number of hydrogen-bond donors (Lipinski definition) is 1. The molecule has 0 radical (unpaired) electrons. The van der Waals surface area contributed by atoms with Gasteiger partial charge in [-0.25, -0.2) is 0 Å². The first-order chi connectivity index (χ1) is 3.68. The van der Waals surface area contributed by atoms with Gasteiger partial charge in [0.25, 0.3) is 0 Å². The smallest absolute Gasteiger partial charge is 0.311 e. The van der Waals surface area contributed by atoms with Crippen molar-refractivity contribution in [1.82, 2.24) is 0 Å². The third kappa shape index (κ3) is 5.30. The molecule has 0 aromatic carbocycles. The topological polar surface area (TPSA) is 49.7 Å². The fraction of sp³-hybridized carbons (Fsp3) is 0.600. The molecule has 3 nitrogen and oxygen atoms in total. The van der Waals surface area contributed by atoms with Crippen molar-refractivity contribution in [2.75, 3.05) is 7.05 Å². The van der Waals surface area contributed by atoms with Crippen molar-refractivity contribution in [1.29, 1.82) is 0 Å². The second kappa shape index (κ2) is 5.56. The van der Waals surface area contributed by atoms with Crippen LogP contribution in [0.4, 0.5) is 0 Å². The molecule has 0 aromatic rings. The van der Waals surface area contributed by atoms with Crippen molar-refractivity contribution in [3.8, 4) is 0 Å². The Kier molecular flexibility index (Phi) is 6.96. The molecule has 0 aliphatic carbocycles. The van der Waals surface area contributed by atoms with Gasteiger partial charge in [0, 0.05) is 13.3 Å². The maximum Gasteiger partial charge on any atom is 0.311 e. The number of aliphatic carboxylic acids is 1. The van der Waals surface area contributed by atoms with Crippen molar-refractivity contribution >= 4 is 24.6 Å². The van der Waals surface area contributed by atoms with Gasteiger partial charge in [-0.2, -0.15) is 0 Å². The minimum atomic E-state index is -0.837. The summed E-state index contributed by atoms with van der Waals surface area (Å²) in [5, 5.41) is 8.22. The molecule has 1 N–H and O–H groups in total. The van der Waals surface area contributed by atoms with E-state index in [9.17, 15) is 4.79 Å². The number of halogens is 1. The predicted octanol–water partition coefficient (Wildman–Crippen LogP) is 0.829. The number of aliphatic imine (C=N–C) groups is 1. The largest absolute Gasteiger partial charge is 0.481 e. The minimum Gasteiger partial charge on any atom is -0.481 e. The summed E-state index contributed by atoms with van der Waals surface area (Å²) >= 11 is 0. The normalized spacial score (nSPS) is 12.7. The van der Waals surface area contributed by atoms with Crippen molar-refractivity contribution in [3.05, 3.63) is 0 Å². The van der Waals surface area contributed by atoms with Gasteiger partial charge in [-0.3, -0.25) is 9.79 Å². The van der Waals surface area contributed by atoms with Crippen LogP contribution in [-0.4, -0.2) is 24.3 Å². The molecule has 0 aliphatic rings. The molecule has 0 amide bonds. The first-order valence-electron chi connectivity index (χ1n) is 2.33. The molecule has 0 aromatic heterocycles. The van der Waals surface area contributed by atoms with Crippen LogP contribution in [0.3, 0.4) is 0 Å². The number of carbonyl (C=O) groups is 1. The van der Waals surface area contributed by atoms with Gasteiger partial charge in [-0.15, -0.1) is 12.4 Å². The van der Waals surface area contributed by atoms with E-state index in [4.69, 9.17) is 5.11 Å². The SMILES string of the molecule is CN=CC(C)C(=O)O.Cl. The van der Waals surface area contributed by atoms with Crippen molar-refractivity contribution < 1.29 is 9.90 Å². The number of nitrogens with zero attached hydrogens (tertiary/aromatic N) is 1. The Hall–Kier alpha value is -0.570. The molecule has 0 aliphatic heterocycles. The van der Waals surface area contributed by atoms with E-state index < -0.39 is 11.9 Å². The van der Waals surface area contributed by atoms with E-state index >= 15 is 0 Å². The van der Waals surface area contributed by atoms with Crippen LogP contribution in [0.15, 0.2) is 4.99 Å². The Morgan fingerprint density at radius 1 is 1.78 bits per heavy atom. The van der Waals surface area contributed by atoms with E-state index in [2.05, 4.69) is 4.99 Å². The maximum atomic E-state index is 10.00. The number of carboxylic acid groups (broad SMARTS) is 1. The number of hydrogen-bond acceptors (Lipinski definition) is 2. The monoisotopic (exact) mass is 151 g/mol. The van der Waals surface area contributed by atoms with Crippen LogP contribution >= 0.6 is 12.4 Å². The third-order valence-corrected chi connectivity index (χ3v) is 0.762. The molecule has 0 rings (SSSR count). The van der Waals surface area contributed by atoms with Crippen LogP contribution in [0, 0.1) is 5.92 Å². The average molecular weight is 152 g/mol. The summed E-state index contributed by atoms with van der Waals surface area (Å²) in [4.78, 5) is 13.5. The molecule has 0 saturated heterocycles. The average Bonchev–Trinajstić information content (AvgIpc) is 1.67. The molecule has 1 unspecified atom stereocenters. The van der Waals surface area contributed by atoms with Crippen LogP contribution in [0.25, 0.3) is 0 Å². The first kappa shape index (κ1) is 11.3. The van der Waals surface area contributed by atoms with Gasteiger partial charge in [0.2, 0.25) is 0 Å². The maximum absolute atomic E-state index is 10.00. The highest BCUT2D eigenvalue weighted by Crippen LogP contribution is 1.87. The van der Waals surface area contributed by atoms with Gasteiger partial charge in [0.05, 0.1) is 5.92 Å². The summed E-state index contributed by atoms with van der Waals surface area (Å²) in [5.74, 6) is -1.30. The van der Waals surface area contributed by atoms with E-state index in [-0.39, 0.29) is 12.4 Å². The molecule has 0 fully saturated rings. The van der Waals surface area contributed by atoms with Crippen molar-refractivity contribution in [2.24, 2.45) is 10.9 Å². The fourth-order valence-electron chi connectivity index (χ4n) is 0.287. The predicted molar refractivity (Wildman–Crippen MR) is 38.5 cm³/mol. The van der Waals surface area contributed by atoms with Crippen molar-refractivity contribution in [2.45, 2.75) is 6.92 Å². The summed E-state index contributed by atoms with van der Waals surface area (Å²) < 4.78 is 0. The molecule has 4 heteroatoms. The van der Waals surface area contributed by atoms with Crippen LogP contribution in [0.1, 0.15) is 6.92 Å². The van der Waals surface area contributed by atoms with Crippen molar-refractivity contribution in [3.63, 3.8) is 0 Å². The van der Waals surface area contributed by atoms with Gasteiger partial charge in [0.1, 0.15) is 0 Å². The summed E-state index contributed by atoms with van der Waals surface area (Å²) in [7, 11) is 1.56. The van der Waals surface area contributed by atoms with Crippen LogP contribution in [-0.2, 0) is 4.79 Å². The van der Waals surface area contributed by atoms with E-state index in [1.165, 1.54) is 6.21 Å². The van der Waals surface area contributed by atoms with Crippen LogP contribution in [0.5, 0.6) is 0 Å². The zero-order valence-electron chi connectivity index (χ0n) is 5.37. The van der Waals surface area contributed by atoms with E-state index in [0.29, 0.717) is 0 Å². The van der Waals surface area contributed by atoms with E-state index in [1.807, 2.05) is 0 Å². The molecule has 9 heavy (non-hydrogen) atoms. The second-order valence-electron chi connectivity index (χ2n) is 1.53. The molecule has 0 bridgehead atoms. The van der Waals surface area contributed by atoms with Crippen LogP contribution in [0.2, 0.25) is 0 Å². The summed E-state index contributed by atoms with van der Waals surface area (Å²) in [6.07, 6.45) is 1.39. The molecule has 0 spiro atoms. The Morgan fingerprint density at radius 2 is 2.22 bits per heavy atom. The Labute approximate surface area is 60.2 Å². The zero-order valence-corrected chi connectivity index (χ0v) is 6.18. The Morgan fingerprint density at radius 3 is 2.33 bits per heavy atom. The molecule has 0 saturated carbocycles. The van der Waals surface area contributed by atoms with Gasteiger partial charge < -0.3 is 5.11 Å². The van der Waals surface area contributed by atoms with Gasteiger partial charge in [0.15, 0.2) is 0 Å². The fourth-order valence-corrected chi connectivity index (χ4v) is 0.287. The lowest BCUT2D eigenvalue weighted by atomic mass is 10.2. The van der Waals surface area contributed by atoms with Gasteiger partial charge >= 0.3 is 5.97 Å². The molecule has 0 heterocycles. The highest BCUT2D eigenvalue weighted by Gasteiger charge is 2.04. The Bertz CT molecular complexity index is 114. The van der Waals surface area contributed by atoms with Crippen LogP contribution < -0.4 is 0 Å². The molecule has 1 atom stereocenters. The lowest BCUT2D eigenvalue weighted by molar-refractivity contribution is -0.138. The molecular formula is C5H10ClNO2. The van der Waals surface area contributed by atoms with Gasteiger partial charge in [-0.1, -0.05) is 0 Å². The first-order valence-corrected chi connectivity index (χ1v) is 2.33. The number of rotatable bonds is 2. The third-order valence-electron chi connectivity index (χ3n) is 0.762. The lowest BCUT2D eigenvalue weighted by Crippen LogP contribution is -2.09.